The average molecular weight is 238 g/mol. The number of rotatable bonds is 4. The van der Waals surface area contributed by atoms with Crippen molar-refractivity contribution in [3.63, 3.8) is 0 Å². The summed E-state index contributed by atoms with van der Waals surface area (Å²) >= 11 is 0. The van der Waals surface area contributed by atoms with Crippen LogP contribution < -0.4 is 0 Å². The highest BCUT2D eigenvalue weighted by molar-refractivity contribution is 6.79. The summed E-state index contributed by atoms with van der Waals surface area (Å²) in [4.78, 5) is 10.9. The maximum atomic E-state index is 10.9. The van der Waals surface area contributed by atoms with Crippen molar-refractivity contribution in [2.75, 3.05) is 6.61 Å². The van der Waals surface area contributed by atoms with E-state index in [4.69, 9.17) is 15.6 Å². The maximum Gasteiger partial charge on any atom is 0.302 e. The van der Waals surface area contributed by atoms with Gasteiger partial charge in [-0.3, -0.25) is 4.79 Å². The molecule has 0 saturated carbocycles. The molecule has 1 unspecified atom stereocenters. The lowest BCUT2D eigenvalue weighted by Gasteiger charge is -2.22. The third-order valence-corrected chi connectivity index (χ3v) is 5.52. The van der Waals surface area contributed by atoms with Gasteiger partial charge in [0, 0.05) is 19.8 Å². The van der Waals surface area contributed by atoms with E-state index in [2.05, 4.69) is 25.1 Å². The summed E-state index contributed by atoms with van der Waals surface area (Å²) < 4.78 is 10.9. The van der Waals surface area contributed by atoms with Crippen LogP contribution in [0.5, 0.6) is 0 Å². The Bertz CT molecular complexity index is 339. The Morgan fingerprint density at radius 2 is 2.44 bits per heavy atom. The van der Waals surface area contributed by atoms with Crippen molar-refractivity contribution >= 4 is 14.3 Å². The van der Waals surface area contributed by atoms with Crippen LogP contribution in [0.1, 0.15) is 19.8 Å². The van der Waals surface area contributed by atoms with Crippen molar-refractivity contribution in [2.24, 2.45) is 0 Å². The molecule has 3 nitrogen and oxygen atoms in total. The van der Waals surface area contributed by atoms with E-state index in [1.165, 1.54) is 12.1 Å². The van der Waals surface area contributed by atoms with Gasteiger partial charge < -0.3 is 9.16 Å². The zero-order valence-corrected chi connectivity index (χ0v) is 11.1. The number of carbonyl (C=O) groups is 1. The van der Waals surface area contributed by atoms with Gasteiger partial charge in [-0.05, 0) is 13.1 Å². The number of esters is 1. The van der Waals surface area contributed by atoms with Crippen molar-refractivity contribution in [1.82, 2.24) is 0 Å². The third-order valence-electron chi connectivity index (χ3n) is 2.67. The first kappa shape index (κ1) is 13.0. The molecule has 4 heteroatoms. The summed E-state index contributed by atoms with van der Waals surface area (Å²) in [7, 11) is -1.71. The molecule has 0 saturated heterocycles. The lowest BCUT2D eigenvalue weighted by molar-refractivity contribution is -0.145. The summed E-state index contributed by atoms with van der Waals surface area (Å²) in [5.41, 5.74) is 0. The summed E-state index contributed by atoms with van der Waals surface area (Å²) in [6, 6.07) is 0. The van der Waals surface area contributed by atoms with Gasteiger partial charge >= 0.3 is 5.97 Å². The predicted octanol–water partition coefficient (Wildman–Crippen LogP) is 2.03. The molecule has 0 spiro atoms. The van der Waals surface area contributed by atoms with E-state index in [9.17, 15) is 4.79 Å². The Morgan fingerprint density at radius 3 is 2.88 bits per heavy atom. The van der Waals surface area contributed by atoms with Crippen molar-refractivity contribution < 1.29 is 14.0 Å². The Balaban J connectivity index is 2.62. The third kappa shape index (κ3) is 3.51. The summed E-state index contributed by atoms with van der Waals surface area (Å²) in [6.07, 6.45) is 8.33. The predicted molar refractivity (Wildman–Crippen MR) is 65.1 cm³/mol. The van der Waals surface area contributed by atoms with Gasteiger partial charge in [0.2, 0.25) is 8.32 Å². The van der Waals surface area contributed by atoms with Gasteiger partial charge in [-0.2, -0.15) is 0 Å². The first-order chi connectivity index (χ1) is 7.45. The second-order valence-electron chi connectivity index (χ2n) is 4.39. The molecule has 0 N–H and O–H groups in total. The first-order valence-electron chi connectivity index (χ1n) is 5.40. The summed E-state index contributed by atoms with van der Waals surface area (Å²) in [5.74, 6) is 2.27. The van der Waals surface area contributed by atoms with Crippen LogP contribution in [0, 0.1) is 12.3 Å². The Labute approximate surface area is 98.0 Å². The SMILES string of the molecule is C#CCC(CC1=CCO[Si]1(C)C)OC(C)=O. The van der Waals surface area contributed by atoms with E-state index in [1.54, 1.807) is 0 Å². The van der Waals surface area contributed by atoms with Gasteiger partial charge in [0.25, 0.3) is 0 Å². The van der Waals surface area contributed by atoms with Crippen LogP contribution in [0.2, 0.25) is 13.1 Å². The van der Waals surface area contributed by atoms with Crippen LogP contribution in [0.25, 0.3) is 0 Å². The quantitative estimate of drug-likeness (QED) is 0.427. The van der Waals surface area contributed by atoms with Crippen LogP contribution in [0.4, 0.5) is 0 Å². The standard InChI is InChI=1S/C12H18O3Si/c1-5-6-11(15-10(2)13)9-12-7-8-14-16(12,3)4/h1,7,11H,6,8-9H2,2-4H3. The van der Waals surface area contributed by atoms with Gasteiger partial charge in [-0.1, -0.05) is 11.3 Å². The van der Waals surface area contributed by atoms with Crippen LogP contribution in [0.3, 0.4) is 0 Å². The highest BCUT2D eigenvalue weighted by Gasteiger charge is 2.33. The molecule has 0 aromatic heterocycles. The van der Waals surface area contributed by atoms with E-state index < -0.39 is 8.32 Å². The van der Waals surface area contributed by atoms with Crippen LogP contribution >= 0.6 is 0 Å². The molecular weight excluding hydrogens is 220 g/mol. The molecular formula is C12H18O3Si. The molecule has 1 rings (SSSR count). The minimum atomic E-state index is -1.71. The first-order valence-corrected chi connectivity index (χ1v) is 8.30. The number of carbonyl (C=O) groups excluding carboxylic acids is 1. The number of terminal acetylenes is 1. The Kier molecular flexibility index (Phi) is 4.33. The van der Waals surface area contributed by atoms with Crippen molar-refractivity contribution in [3.8, 4) is 12.3 Å². The fraction of sp³-hybridized carbons (Fsp3) is 0.583. The topological polar surface area (TPSA) is 35.5 Å². The molecule has 0 aromatic carbocycles. The largest absolute Gasteiger partial charge is 0.461 e. The highest BCUT2D eigenvalue weighted by Crippen LogP contribution is 2.27. The number of hydrogen-bond acceptors (Lipinski definition) is 3. The molecule has 88 valence electrons. The van der Waals surface area contributed by atoms with Gasteiger partial charge in [0.05, 0.1) is 6.61 Å². The number of hydrogen-bond donors (Lipinski definition) is 0. The molecule has 1 aliphatic rings. The molecule has 0 bridgehead atoms. The zero-order valence-electron chi connectivity index (χ0n) is 10.1. The van der Waals surface area contributed by atoms with E-state index in [1.807, 2.05) is 0 Å². The molecule has 0 fully saturated rings. The van der Waals surface area contributed by atoms with Crippen LogP contribution in [-0.4, -0.2) is 27.0 Å². The Hall–Kier alpha value is -1.05. The number of ether oxygens (including phenoxy) is 1. The van der Waals surface area contributed by atoms with Gasteiger partial charge in [0.15, 0.2) is 0 Å². The van der Waals surface area contributed by atoms with Gasteiger partial charge in [-0.25, -0.2) is 0 Å². The normalized spacial score (nSPS) is 19.8. The van der Waals surface area contributed by atoms with Crippen molar-refractivity contribution in [2.45, 2.75) is 39.0 Å². The maximum absolute atomic E-state index is 10.9. The molecule has 0 aliphatic carbocycles. The van der Waals surface area contributed by atoms with Gasteiger partial charge in [0.1, 0.15) is 6.10 Å². The van der Waals surface area contributed by atoms with Crippen LogP contribution in [-0.2, 0) is 14.0 Å². The smallest absolute Gasteiger partial charge is 0.302 e. The summed E-state index contributed by atoms with van der Waals surface area (Å²) in [6.45, 7) is 6.38. The van der Waals surface area contributed by atoms with Crippen LogP contribution in [0.15, 0.2) is 11.3 Å². The van der Waals surface area contributed by atoms with Gasteiger partial charge in [-0.15, -0.1) is 12.3 Å². The monoisotopic (exact) mass is 238 g/mol. The second-order valence-corrected chi connectivity index (χ2v) is 8.35. The van der Waals surface area contributed by atoms with E-state index in [0.29, 0.717) is 19.4 Å². The minimum Gasteiger partial charge on any atom is -0.461 e. The van der Waals surface area contributed by atoms with E-state index in [-0.39, 0.29) is 12.1 Å². The molecule has 1 heterocycles. The highest BCUT2D eigenvalue weighted by atomic mass is 28.4. The van der Waals surface area contributed by atoms with E-state index in [0.717, 1.165) is 0 Å². The molecule has 1 aliphatic heterocycles. The molecule has 0 amide bonds. The fourth-order valence-electron chi connectivity index (χ4n) is 1.79. The molecule has 1 atom stereocenters. The lowest BCUT2D eigenvalue weighted by Crippen LogP contribution is -2.31. The van der Waals surface area contributed by atoms with Crippen molar-refractivity contribution in [3.05, 3.63) is 11.3 Å². The average Bonchev–Trinajstić information content (AvgIpc) is 2.45. The minimum absolute atomic E-state index is 0.206. The van der Waals surface area contributed by atoms with E-state index >= 15 is 0 Å². The fourth-order valence-corrected chi connectivity index (χ4v) is 3.76. The Morgan fingerprint density at radius 1 is 1.75 bits per heavy atom. The van der Waals surface area contributed by atoms with Crippen molar-refractivity contribution in [1.29, 1.82) is 0 Å². The zero-order chi connectivity index (χ0) is 12.2. The summed E-state index contributed by atoms with van der Waals surface area (Å²) in [5, 5.41) is 1.29. The lowest BCUT2D eigenvalue weighted by atomic mass is 10.2. The molecule has 16 heavy (non-hydrogen) atoms. The second kappa shape index (κ2) is 5.33. The molecule has 0 aromatic rings. The molecule has 0 radical (unpaired) electrons.